The first-order chi connectivity index (χ1) is 61.4. The van der Waals surface area contributed by atoms with Crippen LogP contribution in [0.25, 0.3) is 0 Å². The van der Waals surface area contributed by atoms with Gasteiger partial charge in [-0.1, -0.05) is 266 Å². The van der Waals surface area contributed by atoms with Crippen molar-refractivity contribution in [2.45, 2.75) is 161 Å². The zero-order valence-corrected chi connectivity index (χ0v) is 81.9. The van der Waals surface area contributed by atoms with E-state index in [9.17, 15) is 43.8 Å². The van der Waals surface area contributed by atoms with Gasteiger partial charge in [0.05, 0.1) is 47.5 Å². The van der Waals surface area contributed by atoms with Crippen molar-refractivity contribution in [1.29, 1.82) is 15.8 Å². The van der Waals surface area contributed by atoms with Crippen molar-refractivity contribution in [2.24, 2.45) is 5.73 Å². The van der Waals surface area contributed by atoms with Gasteiger partial charge in [-0.2, -0.15) is 10.5 Å². The quantitative estimate of drug-likeness (QED) is 0.00936. The van der Waals surface area contributed by atoms with Gasteiger partial charge in [0.1, 0.15) is 12.5 Å². The van der Waals surface area contributed by atoms with E-state index in [0.717, 1.165) is 139 Å². The van der Waals surface area contributed by atoms with Crippen molar-refractivity contribution in [3.63, 3.8) is 0 Å². The number of carbonyl (C=O) groups excluding carboxylic acids is 6. The number of amides is 6. The first-order valence-corrected chi connectivity index (χ1v) is 42.7. The van der Waals surface area contributed by atoms with Crippen molar-refractivity contribution in [3.05, 3.63) is 329 Å². The van der Waals surface area contributed by atoms with E-state index in [1.807, 2.05) is 188 Å². The van der Waals surface area contributed by atoms with Crippen molar-refractivity contribution < 1.29 is 113 Å². The molecule has 0 aromatic heterocycles. The largest absolute Gasteiger partial charge is 1.00 e. The van der Waals surface area contributed by atoms with Crippen LogP contribution in [0.2, 0.25) is 0 Å². The summed E-state index contributed by atoms with van der Waals surface area (Å²) in [4.78, 5) is 136. The molecule has 40 nitrogen and oxygen atoms in total. The molecule has 45 heteroatoms. The van der Waals surface area contributed by atoms with Crippen molar-refractivity contribution in [1.82, 2.24) is 26.6 Å². The SMILES string of the molecule is BrCCBr.BrCc1ccccc1.C[N+](=O)[O-].C[N+](=O)[O-].C[N+](=O)[O-].C[N+](=O)[O-].C[N+](=O)[O-].C[N+](=O)[O-].C[N+](=O)[O-].Cc1ccccc1.Cl.N#CC1(c2ccccc2)CC1.N#CCc1ccccc1.NC1CCC(=O)NC1=O.O=C(O)C1(c2ccccc2)CC1.O=C1CCC(NC(O)C2(c3ccccc3)CC2)C(=O)N1.O=C1CCC(NC(O)C2(c3ccccc3)CC2)C(=O)N1.[C-]#N.[Na+]. The maximum absolute atomic E-state index is 11.7. The molecule has 7 fully saturated rings. The Morgan fingerprint density at radius 1 is 0.447 bits per heavy atom. The first kappa shape index (κ1) is 129. The van der Waals surface area contributed by atoms with Crippen LogP contribution in [0.15, 0.2) is 212 Å². The third kappa shape index (κ3) is 61.7. The predicted molar refractivity (Wildman–Crippen MR) is 500 cm³/mol. The molecule has 5 unspecified atom stereocenters. The van der Waals surface area contributed by atoms with E-state index in [0.29, 0.717) is 44.9 Å². The summed E-state index contributed by atoms with van der Waals surface area (Å²) in [7, 11) is 6.22. The van der Waals surface area contributed by atoms with Gasteiger partial charge in [0.25, 0.3) is 0 Å². The topological polar surface area (TPSA) is 640 Å². The van der Waals surface area contributed by atoms with Crippen LogP contribution in [-0.2, 0) is 67.0 Å². The van der Waals surface area contributed by atoms with Gasteiger partial charge in [0, 0.05) is 80.5 Å². The fraction of sp³-hybridized carbons (Fsp3) is 0.402. The second-order valence-corrected chi connectivity index (χ2v) is 30.3. The summed E-state index contributed by atoms with van der Waals surface area (Å²) < 4.78 is 0. The standard InChI is InChI=1S/2C15H18N2O3.C10H9N.C10H10O2.C8H7N.C7H7Br.C7H8.C5H8N2O2.C2H4Br2.7CH3NO2.CN.ClH.Na/c2*18-12-7-6-11(13(19)17-12)16-14(20)15(8-9-15)10-4-2-1-3-5-10;11-8-10(6-7-10)9-4-2-1-3-5-9;11-9(12)10(6-7-10)8-4-2-1-3-5-8;9-7-6-8-4-2-1-3-5-8;8-6-7-4-2-1-3-5-7;1-7-5-3-2-4-6-7;6-3-1-2-4(8)7-5(3)9;3-1-2-4;7*1-2(3)4;1-2;;/h2*1-5,11,14,16,20H,6-9H2,(H,17,18,19);1-5H,6-7H2;1-5H,6-7H2,(H,11,12);1-5H,6H2;1-5H,6H2;2-6H,1H3;3H,1-2,6H2,(H,7,8,9);1-2H2;7*1H3;;1H;/q;;;;;;;;;;;;;;;;-1;;+1. The number of benzene rings is 7. The molecule has 7 aromatic carbocycles. The molecule has 10 N–H and O–H groups in total. The number of carbonyl (C=O) groups is 7. The Hall–Kier alpha value is -11.8. The Kier molecular flexibility index (Phi) is 72.0. The van der Waals surface area contributed by atoms with Crippen LogP contribution < -0.4 is 61.9 Å². The molecule has 7 aromatic rings. The molecule has 5 atom stereocenters. The number of hydrogen-bond donors (Lipinski definition) is 9. The summed E-state index contributed by atoms with van der Waals surface area (Å²) in [5, 5.41) is 131. The number of rotatable bonds is 14. The number of piperidine rings is 3. The second-order valence-electron chi connectivity index (χ2n) is 28.1. The molecule has 14 rings (SSSR count). The molecule has 6 amide bonds. The molecule has 0 spiro atoms. The molecule has 3 heterocycles. The smallest absolute Gasteiger partial charge is 0.512 e. The number of imide groups is 3. The van der Waals surface area contributed by atoms with Gasteiger partial charge in [-0.25, -0.2) is 0 Å². The van der Waals surface area contributed by atoms with Gasteiger partial charge in [-0.15, -0.1) is 12.4 Å². The summed E-state index contributed by atoms with van der Waals surface area (Å²) in [6.45, 7) is 6.83. The maximum atomic E-state index is 11.7. The number of alkyl halides is 3. The van der Waals surface area contributed by atoms with E-state index in [1.54, 1.807) is 0 Å². The summed E-state index contributed by atoms with van der Waals surface area (Å²) in [6, 6.07) is 72.4. The number of carboxylic acid groups (broad SMARTS) is 1. The van der Waals surface area contributed by atoms with Crippen LogP contribution in [0.1, 0.15) is 129 Å². The molecule has 0 bridgehead atoms. The first-order valence-electron chi connectivity index (χ1n) is 39.3. The zero-order valence-electron chi connectivity index (χ0n) is 74.3. The van der Waals surface area contributed by atoms with E-state index in [2.05, 4.69) is 118 Å². The Morgan fingerprint density at radius 2 is 0.705 bits per heavy atom. The average molecular weight is 2060 g/mol. The van der Waals surface area contributed by atoms with Crippen molar-refractivity contribution in [2.75, 3.05) is 60.0 Å². The number of aliphatic hydroxyl groups is 2. The van der Waals surface area contributed by atoms with Crippen LogP contribution >= 0.6 is 60.2 Å². The molecule has 4 aliphatic carbocycles. The Morgan fingerprint density at radius 3 is 0.909 bits per heavy atom. The van der Waals surface area contributed by atoms with E-state index in [-0.39, 0.29) is 93.7 Å². The number of nitrogens with two attached hydrogens (primary N) is 1. The fourth-order valence-electron chi connectivity index (χ4n) is 11.0. The summed E-state index contributed by atoms with van der Waals surface area (Å²) in [5.74, 6) is -2.44. The van der Waals surface area contributed by atoms with Crippen LogP contribution in [0.4, 0.5) is 0 Å². The second kappa shape index (κ2) is 73.8. The number of aliphatic hydroxyl groups excluding tert-OH is 2. The van der Waals surface area contributed by atoms with Gasteiger partial charge >= 0.3 is 35.5 Å². The van der Waals surface area contributed by atoms with Gasteiger partial charge in [-0.05, 0) is 111 Å². The van der Waals surface area contributed by atoms with E-state index >= 15 is 0 Å². The zero-order chi connectivity index (χ0) is 99.4. The fourth-order valence-corrected chi connectivity index (χ4v) is 11.4. The van der Waals surface area contributed by atoms with Crippen LogP contribution in [0.5, 0.6) is 0 Å². The van der Waals surface area contributed by atoms with E-state index < -0.39 is 76.4 Å². The van der Waals surface area contributed by atoms with Crippen LogP contribution in [0.3, 0.4) is 0 Å². The minimum absolute atomic E-state index is 0. The summed E-state index contributed by atoms with van der Waals surface area (Å²) >= 11 is 9.76. The minimum atomic E-state index is -0.770. The number of halogens is 4. The number of carboxylic acids is 1. The molecular formula is C87H111Br3ClN16NaO24. The Bertz CT molecular complexity index is 4430. The molecule has 132 heavy (non-hydrogen) atoms. The maximum Gasteiger partial charge on any atom is 1.00 e. The number of nitrogens with zero attached hydrogens (tertiary/aromatic N) is 10. The molecule has 3 saturated heterocycles. The molecule has 712 valence electrons. The number of nitro groups is 7. The third-order valence-corrected chi connectivity index (χ3v) is 20.2. The molecule has 0 radical (unpaired) electrons. The number of nitrogens with one attached hydrogen (secondary N) is 5. The van der Waals surface area contributed by atoms with Crippen molar-refractivity contribution in [3.8, 4) is 12.1 Å². The van der Waals surface area contributed by atoms with Crippen LogP contribution in [-0.4, -0.2) is 182 Å². The average Bonchev–Trinajstić information content (AvgIpc) is 1.58. The minimum Gasteiger partial charge on any atom is -0.512 e. The Labute approximate surface area is 818 Å². The summed E-state index contributed by atoms with van der Waals surface area (Å²) in [6.07, 6.45) is 8.57. The van der Waals surface area contributed by atoms with Gasteiger partial charge < -0.3 is 32.9 Å². The van der Waals surface area contributed by atoms with Crippen LogP contribution in [0, 0.1) is 112 Å². The molecular weight excluding hydrogens is 1950 g/mol. The number of hydrogen-bond acceptors (Lipinski definition) is 29. The number of aryl methyl sites for hydroxylation is 1. The Balaban J connectivity index is -0.000000450. The number of nitriles is 2. The number of aliphatic carboxylic acids is 1. The molecule has 3 aliphatic heterocycles. The molecule has 4 saturated carbocycles. The normalized spacial score (nSPS) is 16.2. The summed E-state index contributed by atoms with van der Waals surface area (Å²) in [5.41, 5.74) is 12.1. The van der Waals surface area contributed by atoms with E-state index in [1.165, 1.54) is 16.7 Å². The predicted octanol–water partition coefficient (Wildman–Crippen LogP) is 8.54. The third-order valence-electron chi connectivity index (χ3n) is 17.7. The van der Waals surface area contributed by atoms with Gasteiger partial charge in [0.15, 0.2) is 49.3 Å². The van der Waals surface area contributed by atoms with Gasteiger partial charge in [0.2, 0.25) is 35.4 Å². The molecule has 7 aliphatic rings. The van der Waals surface area contributed by atoms with E-state index in [4.69, 9.17) is 104 Å². The van der Waals surface area contributed by atoms with Crippen molar-refractivity contribution >= 4 is 102 Å². The van der Waals surface area contributed by atoms with Gasteiger partial charge in [-0.3, -0.25) is 131 Å². The monoisotopic (exact) mass is 2060 g/mol.